The van der Waals surface area contributed by atoms with Crippen molar-refractivity contribution in [2.24, 2.45) is 0 Å². The molecule has 1 N–H and O–H groups in total. The zero-order valence-corrected chi connectivity index (χ0v) is 18.2. The Labute approximate surface area is 161 Å². The predicted octanol–water partition coefficient (Wildman–Crippen LogP) is 3.11. The first-order chi connectivity index (χ1) is 11.8. The van der Waals surface area contributed by atoms with Gasteiger partial charge < -0.3 is 18.6 Å². The fourth-order valence-corrected chi connectivity index (χ4v) is 3.41. The molecule has 0 spiro atoms. The van der Waals surface area contributed by atoms with Crippen LogP contribution in [0, 0.1) is 0 Å². The van der Waals surface area contributed by atoms with Crippen molar-refractivity contribution in [1.29, 1.82) is 0 Å². The van der Waals surface area contributed by atoms with Gasteiger partial charge in [0.1, 0.15) is 10.5 Å². The Morgan fingerprint density at radius 3 is 2.15 bits per heavy atom. The Balaban J connectivity index is 2.23. The molecule has 5 nitrogen and oxygen atoms in total. The fraction of sp³-hybridized carbons (Fsp3) is 0.684. The zero-order valence-electron chi connectivity index (χ0n) is 17.4. The lowest BCUT2D eigenvalue weighted by atomic mass is 9.78. The van der Waals surface area contributed by atoms with Gasteiger partial charge in [0, 0.05) is 16.9 Å². The van der Waals surface area contributed by atoms with Gasteiger partial charge in [0.05, 0.1) is 24.4 Å². The number of methoxy groups -OCH3 is 1. The Bertz CT molecular complexity index is 629. The van der Waals surface area contributed by atoms with E-state index in [1.165, 1.54) is 0 Å². The maximum atomic E-state index is 12.4. The van der Waals surface area contributed by atoms with E-state index in [4.69, 9.17) is 14.0 Å². The minimum Gasteiger partial charge on any atom is -0.598 e. The molecule has 0 unspecified atom stereocenters. The summed E-state index contributed by atoms with van der Waals surface area (Å²) in [6.45, 7) is 16.0. The van der Waals surface area contributed by atoms with Crippen molar-refractivity contribution in [3.63, 3.8) is 0 Å². The molecule has 1 aliphatic rings. The third-order valence-electron chi connectivity index (χ3n) is 5.09. The summed E-state index contributed by atoms with van der Waals surface area (Å²) < 4.78 is 33.0. The van der Waals surface area contributed by atoms with Crippen LogP contribution in [0.2, 0.25) is 0 Å². The van der Waals surface area contributed by atoms with Gasteiger partial charge in [-0.25, -0.2) is 0 Å². The summed E-state index contributed by atoms with van der Waals surface area (Å²) in [7, 11) is 1.20. The summed E-state index contributed by atoms with van der Waals surface area (Å²) in [6.07, 6.45) is 0. The summed E-state index contributed by atoms with van der Waals surface area (Å²) in [5.74, 6) is 0.725. The molecule has 1 aromatic rings. The van der Waals surface area contributed by atoms with Gasteiger partial charge in [-0.2, -0.15) is 0 Å². The van der Waals surface area contributed by atoms with Crippen LogP contribution < -0.4 is 14.9 Å². The van der Waals surface area contributed by atoms with Crippen molar-refractivity contribution in [2.75, 3.05) is 7.11 Å². The topological polar surface area (TPSA) is 62.8 Å². The lowest BCUT2D eigenvalue weighted by molar-refractivity contribution is 0.00578. The largest absolute Gasteiger partial charge is 0.598 e. The maximum absolute atomic E-state index is 12.4. The number of hydrogen-bond donors (Lipinski definition) is 1. The third kappa shape index (κ3) is 4.39. The Kier molecular flexibility index (Phi) is 6.11. The minimum atomic E-state index is -1.16. The SMILES string of the molecule is COc1cc(B2OC(C)(C)C(C)(C)O2)ccc1[C@H](C)N[S@@+]([O-])C(C)(C)C. The number of benzene rings is 1. The quantitative estimate of drug-likeness (QED) is 0.627. The van der Waals surface area contributed by atoms with Crippen LogP contribution in [0.15, 0.2) is 18.2 Å². The first kappa shape index (κ1) is 21.6. The Morgan fingerprint density at radius 1 is 1.15 bits per heavy atom. The smallest absolute Gasteiger partial charge is 0.494 e. The van der Waals surface area contributed by atoms with Crippen molar-refractivity contribution in [1.82, 2.24) is 4.72 Å². The molecule has 0 bridgehead atoms. The molecule has 1 heterocycles. The van der Waals surface area contributed by atoms with E-state index in [2.05, 4.69) is 4.72 Å². The first-order valence-electron chi connectivity index (χ1n) is 9.00. The normalized spacial score (nSPS) is 21.5. The number of ether oxygens (including phenoxy) is 1. The van der Waals surface area contributed by atoms with E-state index in [0.717, 1.165) is 16.8 Å². The molecular formula is C19H32BNO4S. The summed E-state index contributed by atoms with van der Waals surface area (Å²) >= 11 is -1.16. The van der Waals surface area contributed by atoms with E-state index in [0.29, 0.717) is 0 Å². The molecule has 0 aromatic heterocycles. The van der Waals surface area contributed by atoms with E-state index < -0.39 is 18.5 Å². The highest BCUT2D eigenvalue weighted by molar-refractivity contribution is 7.90. The van der Waals surface area contributed by atoms with Crippen LogP contribution >= 0.6 is 0 Å². The number of nitrogens with one attached hydrogen (secondary N) is 1. The molecule has 2 rings (SSSR count). The molecule has 2 atom stereocenters. The van der Waals surface area contributed by atoms with Gasteiger partial charge >= 0.3 is 7.12 Å². The van der Waals surface area contributed by atoms with Crippen LogP contribution in [0.25, 0.3) is 0 Å². The molecule has 0 amide bonds. The van der Waals surface area contributed by atoms with Crippen LogP contribution in [-0.4, -0.2) is 34.7 Å². The first-order valence-corrected chi connectivity index (χ1v) is 10.1. The minimum absolute atomic E-state index is 0.114. The van der Waals surface area contributed by atoms with E-state index in [1.807, 2.05) is 73.6 Å². The molecule has 0 aliphatic carbocycles. The number of hydrogen-bond acceptors (Lipinski definition) is 5. The fourth-order valence-electron chi connectivity index (χ4n) is 2.61. The summed E-state index contributed by atoms with van der Waals surface area (Å²) in [5.41, 5.74) is 1.09. The van der Waals surface area contributed by atoms with Crippen LogP contribution in [0.1, 0.15) is 67.0 Å². The van der Waals surface area contributed by atoms with Gasteiger partial charge in [0.2, 0.25) is 0 Å². The van der Waals surface area contributed by atoms with E-state index in [-0.39, 0.29) is 22.0 Å². The average Bonchev–Trinajstić information content (AvgIpc) is 2.73. The van der Waals surface area contributed by atoms with E-state index in [1.54, 1.807) is 7.11 Å². The molecule has 146 valence electrons. The summed E-state index contributed by atoms with van der Waals surface area (Å²) in [6, 6.07) is 5.79. The molecule has 1 aromatic carbocycles. The second-order valence-corrected chi connectivity index (χ2v) is 10.8. The van der Waals surface area contributed by atoms with Gasteiger partial charge in [-0.15, -0.1) is 4.72 Å². The molecular weight excluding hydrogens is 349 g/mol. The van der Waals surface area contributed by atoms with Gasteiger partial charge in [-0.3, -0.25) is 0 Å². The Morgan fingerprint density at radius 2 is 1.69 bits per heavy atom. The Hall–Kier alpha value is -0.725. The summed E-state index contributed by atoms with van der Waals surface area (Å²) in [4.78, 5) is 0. The van der Waals surface area contributed by atoms with Crippen LogP contribution in [0.5, 0.6) is 5.75 Å². The standard InChI is InChI=1S/C19H32BNO4S/c1-13(21-26(22)17(2,3)4)15-11-10-14(12-16(15)23-9)20-24-18(5,6)19(7,8)25-20/h10-13,21H,1-9H3/t13-,26-/m0/s1. The van der Waals surface area contributed by atoms with Gasteiger partial charge in [0.25, 0.3) is 0 Å². The number of rotatable bonds is 5. The third-order valence-corrected chi connectivity index (χ3v) is 6.77. The lowest BCUT2D eigenvalue weighted by Gasteiger charge is -2.32. The second-order valence-electron chi connectivity index (χ2n) is 8.81. The molecule has 1 aliphatic heterocycles. The average molecular weight is 381 g/mol. The molecule has 0 saturated carbocycles. The molecule has 1 saturated heterocycles. The van der Waals surface area contributed by atoms with Crippen LogP contribution in [0.3, 0.4) is 0 Å². The van der Waals surface area contributed by atoms with Crippen molar-refractivity contribution in [3.8, 4) is 5.75 Å². The molecule has 7 heteroatoms. The van der Waals surface area contributed by atoms with Crippen molar-refractivity contribution < 1.29 is 18.6 Å². The van der Waals surface area contributed by atoms with E-state index in [9.17, 15) is 4.55 Å². The van der Waals surface area contributed by atoms with Gasteiger partial charge in [-0.1, -0.05) is 12.1 Å². The van der Waals surface area contributed by atoms with Crippen LogP contribution in [0.4, 0.5) is 0 Å². The van der Waals surface area contributed by atoms with Crippen LogP contribution in [-0.2, 0) is 20.7 Å². The highest BCUT2D eigenvalue weighted by Gasteiger charge is 2.51. The van der Waals surface area contributed by atoms with Crippen molar-refractivity contribution in [3.05, 3.63) is 23.8 Å². The monoisotopic (exact) mass is 381 g/mol. The van der Waals surface area contributed by atoms with Gasteiger partial charge in [-0.05, 0) is 66.9 Å². The maximum Gasteiger partial charge on any atom is 0.494 e. The predicted molar refractivity (Wildman–Crippen MR) is 108 cm³/mol. The molecule has 26 heavy (non-hydrogen) atoms. The van der Waals surface area contributed by atoms with Crippen molar-refractivity contribution >= 4 is 23.9 Å². The van der Waals surface area contributed by atoms with E-state index >= 15 is 0 Å². The van der Waals surface area contributed by atoms with Gasteiger partial charge in [0.15, 0.2) is 0 Å². The molecule has 0 radical (unpaired) electrons. The van der Waals surface area contributed by atoms with Crippen molar-refractivity contribution in [2.45, 2.75) is 77.4 Å². The zero-order chi connectivity index (χ0) is 19.9. The highest BCUT2D eigenvalue weighted by Crippen LogP contribution is 2.37. The second kappa shape index (κ2) is 7.36. The summed E-state index contributed by atoms with van der Waals surface area (Å²) in [5, 5.41) is 0. The highest BCUT2D eigenvalue weighted by atomic mass is 32.2. The lowest BCUT2D eigenvalue weighted by Crippen LogP contribution is -2.41. The molecule has 1 fully saturated rings.